The molecule has 0 saturated carbocycles. The van der Waals surface area contributed by atoms with Crippen molar-refractivity contribution in [1.82, 2.24) is 20.1 Å². The molecule has 4 aliphatic heterocycles. The Morgan fingerprint density at radius 2 is 1.45 bits per heavy atom. The first kappa shape index (κ1) is 59.8. The van der Waals surface area contributed by atoms with Crippen LogP contribution in [0.25, 0.3) is 11.4 Å². The highest BCUT2D eigenvalue weighted by atomic mass is 32.1. The average molecular weight is 1050 g/mol. The van der Waals surface area contributed by atoms with Gasteiger partial charge in [-0.1, -0.05) is 118 Å². The number of hydrazine groups is 1. The van der Waals surface area contributed by atoms with Gasteiger partial charge in [-0.05, 0) is 54.2 Å². The standard InChI is InChI=1S/C44H55N5O5.C10H14N2O4S.C4H10/c1-5-13-38-34(6-2)40-30-32-14-8-11-18-37(32)44(38,3)49(40)41(50)20-22-51-24-26-53-28-29-54-27-25-52-23-21-48(46)43-36-17-10-12-19-39(36)47(4)31-33-15-7-9-16-35(33)42(43)45;13-5-1-3-11-8(14)2-4-12-9(15)6-7(17)10(12)16;1-3-4-2/h5-19,40H,2,20-31,45-46H2,1,3-4H3;5,7,17H,1-4,6H2,(H,11,14);3-4H2,1-2H3/b13-5-,43-42-;;. The van der Waals surface area contributed by atoms with Gasteiger partial charge in [-0.25, -0.2) is 5.84 Å². The van der Waals surface area contributed by atoms with Gasteiger partial charge < -0.3 is 49.6 Å². The molecule has 3 unspecified atom stereocenters. The number of carbonyl (C=O) groups excluding carboxylic acids is 5. The summed E-state index contributed by atoms with van der Waals surface area (Å²) in [5.41, 5.74) is 16.6. The topological polar surface area (TPSA) is 199 Å². The molecule has 4 amide bonds. The normalized spacial score (nSPS) is 19.5. The minimum atomic E-state index is -0.583. The molecule has 1 saturated heterocycles. The summed E-state index contributed by atoms with van der Waals surface area (Å²) >= 11 is 3.97. The van der Waals surface area contributed by atoms with Crippen molar-refractivity contribution < 1.29 is 42.9 Å². The lowest BCUT2D eigenvalue weighted by Gasteiger charge is -2.45. The van der Waals surface area contributed by atoms with Crippen LogP contribution in [0.3, 0.4) is 0 Å². The van der Waals surface area contributed by atoms with Crippen molar-refractivity contribution in [2.75, 3.05) is 84.4 Å². The number of rotatable bonds is 25. The quantitative estimate of drug-likeness (QED) is 0.0174. The van der Waals surface area contributed by atoms with Crippen LogP contribution in [-0.2, 0) is 61.4 Å². The van der Waals surface area contributed by atoms with E-state index in [0.29, 0.717) is 77.8 Å². The molecule has 0 aromatic heterocycles. The summed E-state index contributed by atoms with van der Waals surface area (Å²) in [6.45, 7) is 17.5. The van der Waals surface area contributed by atoms with Crippen LogP contribution in [0, 0.1) is 0 Å². The molecule has 2 bridgehead atoms. The lowest BCUT2D eigenvalue weighted by atomic mass is 9.79. The van der Waals surface area contributed by atoms with E-state index in [-0.39, 0.29) is 62.0 Å². The third-order valence-corrected chi connectivity index (χ3v) is 13.9. The molecule has 16 nitrogen and oxygen atoms in total. The predicted molar refractivity (Wildman–Crippen MR) is 298 cm³/mol. The van der Waals surface area contributed by atoms with E-state index in [2.05, 4.69) is 111 Å². The number of allylic oxidation sites excluding steroid dienone is 1. The number of benzene rings is 3. The zero-order valence-corrected chi connectivity index (χ0v) is 45.5. The Bertz CT molecular complexity index is 2510. The van der Waals surface area contributed by atoms with Crippen LogP contribution < -0.4 is 21.8 Å². The molecule has 5 N–H and O–H groups in total. The van der Waals surface area contributed by atoms with Crippen molar-refractivity contribution in [2.45, 2.75) is 96.0 Å². The van der Waals surface area contributed by atoms with Crippen molar-refractivity contribution in [3.63, 3.8) is 0 Å². The molecule has 17 heteroatoms. The average Bonchev–Trinajstić information content (AvgIpc) is 3.76. The summed E-state index contributed by atoms with van der Waals surface area (Å²) in [6, 6.07) is 24.8. The van der Waals surface area contributed by atoms with Gasteiger partial charge in [-0.3, -0.25) is 24.1 Å². The van der Waals surface area contributed by atoms with Gasteiger partial charge in [0.25, 0.3) is 0 Å². The van der Waals surface area contributed by atoms with Gasteiger partial charge in [0, 0.05) is 62.8 Å². The first-order chi connectivity index (χ1) is 36.3. The van der Waals surface area contributed by atoms with Crippen molar-refractivity contribution >= 4 is 59.6 Å². The number of fused-ring (bicyclic) bond motifs is 6. The molecule has 3 atom stereocenters. The Morgan fingerprint density at radius 3 is 2.07 bits per heavy atom. The predicted octanol–water partition coefficient (Wildman–Crippen LogP) is 6.74. The molecular weight excluding hydrogens is 971 g/mol. The highest BCUT2D eigenvalue weighted by molar-refractivity contribution is 7.81. The van der Waals surface area contributed by atoms with Crippen LogP contribution in [-0.4, -0.2) is 136 Å². The molecule has 0 aliphatic carbocycles. The highest BCUT2D eigenvalue weighted by Gasteiger charge is 2.54. The Labute approximate surface area is 449 Å². The molecule has 0 spiro atoms. The second-order valence-electron chi connectivity index (χ2n) is 18.6. The molecule has 3 aromatic carbocycles. The summed E-state index contributed by atoms with van der Waals surface area (Å²) in [4.78, 5) is 63.1. The first-order valence-corrected chi connectivity index (χ1v) is 26.6. The Balaban J connectivity index is 0.000000414. The first-order valence-electron chi connectivity index (χ1n) is 26.1. The van der Waals surface area contributed by atoms with Gasteiger partial charge >= 0.3 is 0 Å². The van der Waals surface area contributed by atoms with E-state index >= 15 is 0 Å². The summed E-state index contributed by atoms with van der Waals surface area (Å²) in [7, 11) is 2.08. The summed E-state index contributed by atoms with van der Waals surface area (Å²) in [5.74, 6) is 5.79. The lowest BCUT2D eigenvalue weighted by Crippen LogP contribution is -2.53. The smallest absolute Gasteiger partial charge is 0.242 e. The van der Waals surface area contributed by atoms with E-state index in [1.54, 1.807) is 5.01 Å². The number of aldehydes is 1. The van der Waals surface area contributed by atoms with Crippen LogP contribution in [0.2, 0.25) is 0 Å². The maximum Gasteiger partial charge on any atom is 0.242 e. The fraction of sp³-hybridized carbons (Fsp3) is 0.466. The Hall–Kier alpha value is -6.08. The number of para-hydroxylation sites is 1. The maximum atomic E-state index is 13.7. The number of amides is 4. The number of imide groups is 1. The van der Waals surface area contributed by atoms with Crippen molar-refractivity contribution in [1.29, 1.82) is 0 Å². The molecule has 75 heavy (non-hydrogen) atoms. The van der Waals surface area contributed by atoms with Gasteiger partial charge in [0.1, 0.15) is 6.29 Å². The SMILES string of the molecule is C=CC1=C(/C=C\C)C2(C)c3ccccc3CC1N2C(=O)CCOCCOCCOCCOCCN(N)/C1=C(\N)c2ccccc2CN(C)c2ccccc21.CCCC.O=CCCNC(=O)CCN1C(=O)CC(S)C1=O. The monoisotopic (exact) mass is 1050 g/mol. The molecule has 4 aliphatic rings. The largest absolute Gasteiger partial charge is 0.396 e. The number of nitrogens with zero attached hydrogens (tertiary/aromatic N) is 4. The molecule has 4 heterocycles. The third kappa shape index (κ3) is 15.5. The molecular formula is C58H79N7O9S. The number of carbonyl (C=O) groups is 5. The molecule has 406 valence electrons. The number of nitrogens with two attached hydrogens (primary N) is 2. The zero-order valence-electron chi connectivity index (χ0n) is 44.6. The van der Waals surface area contributed by atoms with Crippen molar-refractivity contribution in [2.24, 2.45) is 11.6 Å². The minimum Gasteiger partial charge on any atom is -0.396 e. The summed E-state index contributed by atoms with van der Waals surface area (Å²) < 4.78 is 23.0. The van der Waals surface area contributed by atoms with Crippen LogP contribution in [0.5, 0.6) is 0 Å². The molecule has 7 rings (SSSR count). The second kappa shape index (κ2) is 30.5. The minimum absolute atomic E-state index is 0.0301. The maximum absolute atomic E-state index is 13.7. The highest BCUT2D eigenvalue weighted by Crippen LogP contribution is 2.52. The van der Waals surface area contributed by atoms with E-state index in [4.69, 9.17) is 30.5 Å². The van der Waals surface area contributed by atoms with Gasteiger partial charge in [0.15, 0.2) is 0 Å². The third-order valence-electron chi connectivity index (χ3n) is 13.5. The van der Waals surface area contributed by atoms with E-state index in [1.165, 1.54) is 24.0 Å². The zero-order chi connectivity index (χ0) is 54.3. The van der Waals surface area contributed by atoms with Crippen molar-refractivity contribution in [3.8, 4) is 0 Å². The number of hydrogen-bond acceptors (Lipinski definition) is 14. The molecule has 3 aromatic rings. The summed E-state index contributed by atoms with van der Waals surface area (Å²) in [6.07, 6.45) is 10.9. The van der Waals surface area contributed by atoms with Gasteiger partial charge in [-0.2, -0.15) is 12.6 Å². The van der Waals surface area contributed by atoms with Gasteiger partial charge in [0.05, 0.1) is 94.0 Å². The number of thiol groups is 1. The number of anilines is 1. The number of unbranched alkanes of at least 4 members (excludes halogenated alkanes) is 1. The van der Waals surface area contributed by atoms with Crippen LogP contribution in [0.1, 0.15) is 94.0 Å². The molecule has 0 radical (unpaired) electrons. The number of ether oxygens (including phenoxy) is 4. The Morgan fingerprint density at radius 1 is 0.853 bits per heavy atom. The lowest BCUT2D eigenvalue weighted by molar-refractivity contribution is -0.140. The van der Waals surface area contributed by atoms with E-state index < -0.39 is 10.8 Å². The van der Waals surface area contributed by atoms with E-state index in [9.17, 15) is 24.0 Å². The van der Waals surface area contributed by atoms with Gasteiger partial charge in [0.2, 0.25) is 23.6 Å². The Kier molecular flexibility index (Phi) is 24.3. The van der Waals surface area contributed by atoms with Gasteiger partial charge in [-0.15, -0.1) is 0 Å². The van der Waals surface area contributed by atoms with Crippen LogP contribution in [0.4, 0.5) is 5.69 Å². The number of hydrogen-bond donors (Lipinski definition) is 4. The molecule has 1 fully saturated rings. The number of likely N-dealkylation sites (tertiary alicyclic amines) is 1. The fourth-order valence-electron chi connectivity index (χ4n) is 9.63. The van der Waals surface area contributed by atoms with Crippen molar-refractivity contribution in [3.05, 3.63) is 137 Å². The van der Waals surface area contributed by atoms with Crippen LogP contribution in [0.15, 0.2) is 109 Å². The van der Waals surface area contributed by atoms with Crippen LogP contribution >= 0.6 is 12.6 Å². The van der Waals surface area contributed by atoms with E-state index in [0.717, 1.165) is 57.1 Å². The summed E-state index contributed by atoms with van der Waals surface area (Å²) in [5, 5.41) is 3.61. The second-order valence-corrected chi connectivity index (χ2v) is 19.3. The fourth-order valence-corrected chi connectivity index (χ4v) is 9.93. The van der Waals surface area contributed by atoms with E-state index in [1.807, 2.05) is 49.4 Å². The number of nitrogens with one attached hydrogen (secondary N) is 1.